The molecule has 0 spiro atoms. The summed E-state index contributed by atoms with van der Waals surface area (Å²) in [6.07, 6.45) is -3.19. The summed E-state index contributed by atoms with van der Waals surface area (Å²) in [5.41, 5.74) is 0. The second-order valence-corrected chi connectivity index (χ2v) is 3.97. The fraction of sp³-hybridized carbons (Fsp3) is 0.900. The van der Waals surface area contributed by atoms with E-state index in [4.69, 9.17) is 4.74 Å². The lowest BCUT2D eigenvalue weighted by molar-refractivity contribution is -0.169. The molecule has 0 rings (SSSR count). The predicted molar refractivity (Wildman–Crippen MR) is 54.2 cm³/mol. The molecule has 17 heavy (non-hydrogen) atoms. The molecule has 0 fully saturated rings. The fourth-order valence-corrected chi connectivity index (χ4v) is 0.875. The van der Waals surface area contributed by atoms with Crippen molar-refractivity contribution in [2.45, 2.75) is 32.6 Å². The van der Waals surface area contributed by atoms with Gasteiger partial charge in [-0.2, -0.15) is 8.78 Å². The maximum absolute atomic E-state index is 12.4. The van der Waals surface area contributed by atoms with Crippen LogP contribution < -0.4 is 5.32 Å². The first kappa shape index (κ1) is 16.1. The second-order valence-electron chi connectivity index (χ2n) is 3.97. The molecule has 0 aliphatic rings. The minimum atomic E-state index is -4.64. The van der Waals surface area contributed by atoms with E-state index in [9.17, 15) is 22.4 Å². The average molecular weight is 259 g/mol. The number of rotatable bonds is 8. The molecule has 0 bridgehead atoms. The average Bonchev–Trinajstić information content (AvgIpc) is 2.21. The number of hydrogen-bond acceptors (Lipinski definition) is 2. The van der Waals surface area contributed by atoms with Crippen LogP contribution in [0.5, 0.6) is 0 Å². The SMILES string of the molecule is CC(C)CCOCCNC(=O)C(F)(F)C(F)F. The van der Waals surface area contributed by atoms with Crippen molar-refractivity contribution >= 4 is 5.91 Å². The van der Waals surface area contributed by atoms with Crippen LogP contribution in [0, 0.1) is 5.92 Å². The molecular weight excluding hydrogens is 242 g/mol. The number of halogens is 4. The Hall–Kier alpha value is -0.850. The van der Waals surface area contributed by atoms with Gasteiger partial charge < -0.3 is 10.1 Å². The van der Waals surface area contributed by atoms with Crippen molar-refractivity contribution in [3.8, 4) is 0 Å². The minimum absolute atomic E-state index is 0.0256. The zero-order valence-electron chi connectivity index (χ0n) is 9.81. The first-order chi connectivity index (χ1) is 7.78. The normalized spacial score (nSPS) is 12.2. The molecule has 7 heteroatoms. The minimum Gasteiger partial charge on any atom is -0.380 e. The van der Waals surface area contributed by atoms with E-state index in [0.29, 0.717) is 12.5 Å². The number of carbonyl (C=O) groups excluding carboxylic acids is 1. The van der Waals surface area contributed by atoms with E-state index in [1.54, 1.807) is 5.32 Å². The molecule has 0 aliphatic carbocycles. The van der Waals surface area contributed by atoms with Crippen molar-refractivity contribution in [2.75, 3.05) is 19.8 Å². The molecule has 0 aromatic heterocycles. The van der Waals surface area contributed by atoms with Crippen LogP contribution in [0.25, 0.3) is 0 Å². The third kappa shape index (κ3) is 6.45. The van der Waals surface area contributed by atoms with Crippen molar-refractivity contribution < 1.29 is 27.1 Å². The monoisotopic (exact) mass is 259 g/mol. The van der Waals surface area contributed by atoms with Crippen LogP contribution in [-0.4, -0.2) is 38.0 Å². The van der Waals surface area contributed by atoms with E-state index in [1.165, 1.54) is 0 Å². The highest BCUT2D eigenvalue weighted by molar-refractivity contribution is 5.83. The quantitative estimate of drug-likeness (QED) is 0.535. The van der Waals surface area contributed by atoms with E-state index in [2.05, 4.69) is 0 Å². The summed E-state index contributed by atoms with van der Waals surface area (Å²) in [7, 11) is 0. The third-order valence-corrected chi connectivity index (χ3v) is 1.95. The topological polar surface area (TPSA) is 38.3 Å². The lowest BCUT2D eigenvalue weighted by Crippen LogP contribution is -2.46. The summed E-state index contributed by atoms with van der Waals surface area (Å²) in [4.78, 5) is 10.7. The molecule has 102 valence electrons. The molecule has 0 atom stereocenters. The van der Waals surface area contributed by atoms with Crippen LogP contribution in [0.3, 0.4) is 0 Å². The lowest BCUT2D eigenvalue weighted by atomic mass is 10.1. The van der Waals surface area contributed by atoms with Gasteiger partial charge in [-0.25, -0.2) is 8.78 Å². The highest BCUT2D eigenvalue weighted by atomic mass is 19.3. The van der Waals surface area contributed by atoms with Gasteiger partial charge in [0.25, 0.3) is 5.91 Å². The highest BCUT2D eigenvalue weighted by Gasteiger charge is 2.48. The molecule has 0 saturated carbocycles. The summed E-state index contributed by atoms with van der Waals surface area (Å²) in [6, 6.07) is 0. The first-order valence-electron chi connectivity index (χ1n) is 5.30. The molecule has 0 aromatic rings. The summed E-state index contributed by atoms with van der Waals surface area (Å²) < 4.78 is 53.3. The van der Waals surface area contributed by atoms with Crippen LogP contribution in [0.4, 0.5) is 17.6 Å². The van der Waals surface area contributed by atoms with Gasteiger partial charge in [-0.1, -0.05) is 13.8 Å². The van der Waals surface area contributed by atoms with Crippen LogP contribution in [-0.2, 0) is 9.53 Å². The zero-order valence-corrected chi connectivity index (χ0v) is 9.81. The molecule has 0 radical (unpaired) electrons. The van der Waals surface area contributed by atoms with Gasteiger partial charge in [0.15, 0.2) is 0 Å². The molecule has 0 aliphatic heterocycles. The largest absolute Gasteiger partial charge is 0.383 e. The molecule has 3 nitrogen and oxygen atoms in total. The van der Waals surface area contributed by atoms with Crippen LogP contribution in [0.15, 0.2) is 0 Å². The molecular formula is C10H17F4NO2. The van der Waals surface area contributed by atoms with Crippen molar-refractivity contribution in [3.63, 3.8) is 0 Å². The van der Waals surface area contributed by atoms with Crippen LogP contribution >= 0.6 is 0 Å². The molecule has 0 saturated heterocycles. The number of alkyl halides is 4. The Morgan fingerprint density at radius 1 is 1.29 bits per heavy atom. The van der Waals surface area contributed by atoms with Crippen molar-refractivity contribution in [3.05, 3.63) is 0 Å². The molecule has 0 heterocycles. The molecule has 1 N–H and O–H groups in total. The van der Waals surface area contributed by atoms with E-state index in [-0.39, 0.29) is 13.2 Å². The van der Waals surface area contributed by atoms with Crippen LogP contribution in [0.1, 0.15) is 20.3 Å². The molecule has 0 aromatic carbocycles. The van der Waals surface area contributed by atoms with Crippen molar-refractivity contribution in [1.82, 2.24) is 5.32 Å². The van der Waals surface area contributed by atoms with Gasteiger partial charge in [-0.3, -0.25) is 4.79 Å². The van der Waals surface area contributed by atoms with E-state index in [0.717, 1.165) is 6.42 Å². The highest BCUT2D eigenvalue weighted by Crippen LogP contribution is 2.22. The summed E-state index contributed by atoms with van der Waals surface area (Å²) in [6.45, 7) is 4.25. The van der Waals surface area contributed by atoms with E-state index < -0.39 is 18.3 Å². The molecule has 0 unspecified atom stereocenters. The summed E-state index contributed by atoms with van der Waals surface area (Å²) in [5, 5.41) is 1.70. The Balaban J connectivity index is 3.65. The second kappa shape index (κ2) is 7.47. The van der Waals surface area contributed by atoms with Gasteiger partial charge in [0.1, 0.15) is 0 Å². The standard InChI is InChI=1S/C10H17F4NO2/c1-7(2)3-5-17-6-4-15-9(16)10(13,14)8(11)12/h7-8H,3-6H2,1-2H3,(H,15,16). The smallest absolute Gasteiger partial charge is 0.380 e. The van der Waals surface area contributed by atoms with Gasteiger partial charge in [0, 0.05) is 13.2 Å². The Labute approximate surface area is 97.5 Å². The predicted octanol–water partition coefficient (Wildman–Crippen LogP) is 2.07. The number of ether oxygens (including phenoxy) is 1. The first-order valence-corrected chi connectivity index (χ1v) is 5.30. The van der Waals surface area contributed by atoms with E-state index >= 15 is 0 Å². The number of amides is 1. The number of carbonyl (C=O) groups is 1. The van der Waals surface area contributed by atoms with Crippen LogP contribution in [0.2, 0.25) is 0 Å². The Bertz CT molecular complexity index is 234. The van der Waals surface area contributed by atoms with E-state index in [1.807, 2.05) is 13.8 Å². The summed E-state index contributed by atoms with van der Waals surface area (Å²) >= 11 is 0. The van der Waals surface area contributed by atoms with Gasteiger partial charge in [-0.05, 0) is 12.3 Å². The van der Waals surface area contributed by atoms with Gasteiger partial charge in [0.05, 0.1) is 6.61 Å². The van der Waals surface area contributed by atoms with Gasteiger partial charge >= 0.3 is 12.3 Å². The van der Waals surface area contributed by atoms with Crippen molar-refractivity contribution in [1.29, 1.82) is 0 Å². The summed E-state index contributed by atoms with van der Waals surface area (Å²) in [5.74, 6) is -6.16. The maximum atomic E-state index is 12.4. The van der Waals surface area contributed by atoms with Gasteiger partial charge in [-0.15, -0.1) is 0 Å². The maximum Gasteiger partial charge on any atom is 0.383 e. The Kier molecular flexibility index (Phi) is 7.10. The Morgan fingerprint density at radius 3 is 2.35 bits per heavy atom. The zero-order chi connectivity index (χ0) is 13.5. The van der Waals surface area contributed by atoms with Crippen molar-refractivity contribution in [2.24, 2.45) is 5.92 Å². The van der Waals surface area contributed by atoms with Gasteiger partial charge in [0.2, 0.25) is 0 Å². The Morgan fingerprint density at radius 2 is 1.88 bits per heavy atom. The number of hydrogen-bond donors (Lipinski definition) is 1. The lowest BCUT2D eigenvalue weighted by Gasteiger charge is -2.14. The molecule has 1 amide bonds. The number of nitrogens with one attached hydrogen (secondary N) is 1. The third-order valence-electron chi connectivity index (χ3n) is 1.95. The fourth-order valence-electron chi connectivity index (χ4n) is 0.875.